The summed E-state index contributed by atoms with van der Waals surface area (Å²) in [6, 6.07) is 14.7. The molecule has 7 heteroatoms. The minimum Gasteiger partial charge on any atom is -0.506 e. The van der Waals surface area contributed by atoms with E-state index in [-0.39, 0.29) is 17.5 Å². The van der Waals surface area contributed by atoms with E-state index in [9.17, 15) is 15.0 Å². The highest BCUT2D eigenvalue weighted by atomic mass is 16.3. The molecular formula is C21H26N4O3. The summed E-state index contributed by atoms with van der Waals surface area (Å²) in [5, 5.41) is 20.1. The predicted molar refractivity (Wildman–Crippen MR) is 109 cm³/mol. The van der Waals surface area contributed by atoms with E-state index in [1.54, 1.807) is 12.1 Å². The molecule has 0 spiro atoms. The van der Waals surface area contributed by atoms with Crippen LogP contribution in [0.4, 0.5) is 16.2 Å². The van der Waals surface area contributed by atoms with Gasteiger partial charge in [-0.1, -0.05) is 24.3 Å². The predicted octanol–water partition coefficient (Wildman–Crippen LogP) is 2.16. The molecule has 0 aromatic heterocycles. The minimum atomic E-state index is 0.0777. The van der Waals surface area contributed by atoms with Gasteiger partial charge in [0.25, 0.3) is 0 Å². The molecule has 0 saturated carbocycles. The third-order valence-corrected chi connectivity index (χ3v) is 5.55. The number of anilines is 2. The van der Waals surface area contributed by atoms with Gasteiger partial charge in [-0.05, 0) is 24.3 Å². The molecule has 0 atom stereocenters. The summed E-state index contributed by atoms with van der Waals surface area (Å²) in [6.45, 7) is 5.42. The highest BCUT2D eigenvalue weighted by Gasteiger charge is 2.28. The van der Waals surface area contributed by atoms with Crippen molar-refractivity contribution in [2.75, 3.05) is 62.2 Å². The van der Waals surface area contributed by atoms with E-state index in [1.165, 1.54) is 0 Å². The Morgan fingerprint density at radius 3 is 1.32 bits per heavy atom. The maximum absolute atomic E-state index is 12.9. The van der Waals surface area contributed by atoms with Gasteiger partial charge in [0.2, 0.25) is 0 Å². The molecule has 2 heterocycles. The zero-order chi connectivity index (χ0) is 19.5. The number of carbonyl (C=O) groups is 1. The lowest BCUT2D eigenvalue weighted by Crippen LogP contribution is -2.57. The van der Waals surface area contributed by atoms with Gasteiger partial charge in [0.05, 0.1) is 11.4 Å². The molecule has 0 unspecified atom stereocenters. The third-order valence-electron chi connectivity index (χ3n) is 5.55. The molecule has 2 amide bonds. The van der Waals surface area contributed by atoms with Gasteiger partial charge in [0.15, 0.2) is 0 Å². The Labute approximate surface area is 165 Å². The van der Waals surface area contributed by atoms with Crippen LogP contribution in [0.2, 0.25) is 0 Å². The van der Waals surface area contributed by atoms with Gasteiger partial charge in [-0.25, -0.2) is 4.79 Å². The van der Waals surface area contributed by atoms with Gasteiger partial charge in [-0.3, -0.25) is 0 Å². The summed E-state index contributed by atoms with van der Waals surface area (Å²) in [5.41, 5.74) is 1.65. The molecule has 0 radical (unpaired) electrons. The highest BCUT2D eigenvalue weighted by molar-refractivity contribution is 5.75. The number of benzene rings is 2. The molecule has 148 valence electrons. The molecule has 2 N–H and O–H groups in total. The number of hydrogen-bond donors (Lipinski definition) is 2. The van der Waals surface area contributed by atoms with Crippen molar-refractivity contribution in [3.05, 3.63) is 48.5 Å². The molecule has 4 rings (SSSR count). The zero-order valence-corrected chi connectivity index (χ0v) is 15.9. The van der Waals surface area contributed by atoms with Crippen molar-refractivity contribution in [1.82, 2.24) is 9.80 Å². The number of nitrogens with zero attached hydrogens (tertiary/aromatic N) is 4. The first-order valence-electron chi connectivity index (χ1n) is 9.73. The van der Waals surface area contributed by atoms with Gasteiger partial charge in [0.1, 0.15) is 11.5 Å². The van der Waals surface area contributed by atoms with Gasteiger partial charge in [-0.15, -0.1) is 0 Å². The standard InChI is InChI=1S/C21H26N4O3/c26-19-7-3-1-5-17(19)22-9-13-24(14-10-22)21(28)25-15-11-23(12-16-25)18-6-2-4-8-20(18)27/h1-8,26-27H,9-16H2. The van der Waals surface area contributed by atoms with Crippen molar-refractivity contribution < 1.29 is 15.0 Å². The maximum Gasteiger partial charge on any atom is 0.320 e. The second-order valence-corrected chi connectivity index (χ2v) is 7.21. The number of para-hydroxylation sites is 4. The first-order valence-corrected chi connectivity index (χ1v) is 9.73. The number of phenols is 2. The number of amides is 2. The van der Waals surface area contributed by atoms with Crippen molar-refractivity contribution in [1.29, 1.82) is 0 Å². The molecule has 0 bridgehead atoms. The zero-order valence-electron chi connectivity index (χ0n) is 15.9. The van der Waals surface area contributed by atoms with Crippen LogP contribution in [0.1, 0.15) is 0 Å². The van der Waals surface area contributed by atoms with Crippen LogP contribution >= 0.6 is 0 Å². The first-order chi connectivity index (χ1) is 13.6. The van der Waals surface area contributed by atoms with E-state index in [4.69, 9.17) is 0 Å². The largest absolute Gasteiger partial charge is 0.506 e. The van der Waals surface area contributed by atoms with Gasteiger partial charge in [0, 0.05) is 52.4 Å². The summed E-state index contributed by atoms with van der Waals surface area (Å²) in [7, 11) is 0. The Kier molecular flexibility index (Phi) is 5.14. The van der Waals surface area contributed by atoms with Crippen molar-refractivity contribution in [2.24, 2.45) is 0 Å². The van der Waals surface area contributed by atoms with E-state index in [0.29, 0.717) is 52.4 Å². The number of hydrogen-bond acceptors (Lipinski definition) is 5. The smallest absolute Gasteiger partial charge is 0.320 e. The van der Waals surface area contributed by atoms with E-state index >= 15 is 0 Å². The van der Waals surface area contributed by atoms with Crippen molar-refractivity contribution in [3.8, 4) is 11.5 Å². The summed E-state index contributed by atoms with van der Waals surface area (Å²) >= 11 is 0. The normalized spacial score (nSPS) is 17.7. The number of phenolic OH excluding ortho intramolecular Hbond substituents is 2. The van der Waals surface area contributed by atoms with Crippen LogP contribution < -0.4 is 9.80 Å². The van der Waals surface area contributed by atoms with Crippen LogP contribution in [0, 0.1) is 0 Å². The fourth-order valence-electron chi connectivity index (χ4n) is 3.94. The highest BCUT2D eigenvalue weighted by Crippen LogP contribution is 2.28. The van der Waals surface area contributed by atoms with Crippen LogP contribution in [0.25, 0.3) is 0 Å². The van der Waals surface area contributed by atoms with Gasteiger partial charge >= 0.3 is 6.03 Å². The van der Waals surface area contributed by atoms with Crippen LogP contribution in [0.3, 0.4) is 0 Å². The minimum absolute atomic E-state index is 0.0777. The van der Waals surface area contributed by atoms with E-state index in [1.807, 2.05) is 46.2 Å². The fourth-order valence-corrected chi connectivity index (χ4v) is 3.94. The number of piperazine rings is 2. The Hall–Kier alpha value is -3.09. The number of rotatable bonds is 2. The quantitative estimate of drug-likeness (QED) is 0.833. The molecule has 2 aromatic rings. The SMILES string of the molecule is O=C(N1CCN(c2ccccc2O)CC1)N1CCN(c2ccccc2O)CC1. The summed E-state index contributed by atoms with van der Waals surface area (Å²) < 4.78 is 0. The average Bonchev–Trinajstić information content (AvgIpc) is 2.74. The Morgan fingerprint density at radius 2 is 0.964 bits per heavy atom. The summed E-state index contributed by atoms with van der Waals surface area (Å²) in [5.74, 6) is 0.560. The average molecular weight is 382 g/mol. The van der Waals surface area contributed by atoms with Crippen molar-refractivity contribution in [3.63, 3.8) is 0 Å². The van der Waals surface area contributed by atoms with Crippen LogP contribution in [0.15, 0.2) is 48.5 Å². The van der Waals surface area contributed by atoms with E-state index in [2.05, 4.69) is 9.80 Å². The number of carbonyl (C=O) groups excluding carboxylic acids is 1. The molecular weight excluding hydrogens is 356 g/mol. The second kappa shape index (κ2) is 7.88. The van der Waals surface area contributed by atoms with Gasteiger partial charge < -0.3 is 29.8 Å². The van der Waals surface area contributed by atoms with Crippen LogP contribution in [-0.4, -0.2) is 78.4 Å². The fraction of sp³-hybridized carbons (Fsp3) is 0.381. The lowest BCUT2D eigenvalue weighted by molar-refractivity contribution is 0.147. The Bertz CT molecular complexity index is 760. The summed E-state index contributed by atoms with van der Waals surface area (Å²) in [4.78, 5) is 20.9. The van der Waals surface area contributed by atoms with Crippen molar-refractivity contribution in [2.45, 2.75) is 0 Å². The Morgan fingerprint density at radius 1 is 0.607 bits per heavy atom. The molecule has 0 aliphatic carbocycles. The lowest BCUT2D eigenvalue weighted by Gasteiger charge is -2.41. The monoisotopic (exact) mass is 382 g/mol. The van der Waals surface area contributed by atoms with E-state index in [0.717, 1.165) is 11.4 Å². The van der Waals surface area contributed by atoms with Crippen LogP contribution in [0.5, 0.6) is 11.5 Å². The Balaban J connectivity index is 1.31. The third kappa shape index (κ3) is 3.65. The lowest BCUT2D eigenvalue weighted by atomic mass is 10.2. The molecule has 2 aromatic carbocycles. The molecule has 2 saturated heterocycles. The van der Waals surface area contributed by atoms with Gasteiger partial charge in [-0.2, -0.15) is 0 Å². The maximum atomic E-state index is 12.9. The number of aromatic hydroxyl groups is 2. The van der Waals surface area contributed by atoms with Crippen molar-refractivity contribution >= 4 is 17.4 Å². The molecule has 2 aliphatic heterocycles. The second-order valence-electron chi connectivity index (χ2n) is 7.21. The number of urea groups is 1. The molecule has 2 aliphatic rings. The summed E-state index contributed by atoms with van der Waals surface area (Å²) in [6.07, 6.45) is 0. The molecule has 28 heavy (non-hydrogen) atoms. The first kappa shape index (κ1) is 18.3. The van der Waals surface area contributed by atoms with E-state index < -0.39 is 0 Å². The van der Waals surface area contributed by atoms with Crippen LogP contribution in [-0.2, 0) is 0 Å². The molecule has 2 fully saturated rings. The topological polar surface area (TPSA) is 70.5 Å². The molecule has 7 nitrogen and oxygen atoms in total.